The molecule has 2 atom stereocenters. The average Bonchev–Trinajstić information content (AvgIpc) is 2.20. The van der Waals surface area contributed by atoms with Crippen molar-refractivity contribution in [1.82, 2.24) is 0 Å². The third-order valence-electron chi connectivity index (χ3n) is 2.76. The molecule has 0 heterocycles. The highest BCUT2D eigenvalue weighted by Crippen LogP contribution is 2.31. The van der Waals surface area contributed by atoms with Crippen molar-refractivity contribution in [1.29, 1.82) is 0 Å². The molecule has 1 rings (SSSR count). The summed E-state index contributed by atoms with van der Waals surface area (Å²) in [5, 5.41) is 0. The van der Waals surface area contributed by atoms with Gasteiger partial charge in [-0.1, -0.05) is 12.2 Å². The predicted molar refractivity (Wildman–Crippen MR) is 61.5 cm³/mol. The van der Waals surface area contributed by atoms with E-state index in [1.807, 2.05) is 13.8 Å². The molecule has 3 nitrogen and oxygen atoms in total. The summed E-state index contributed by atoms with van der Waals surface area (Å²) in [4.78, 5) is 0. The van der Waals surface area contributed by atoms with Crippen LogP contribution in [-0.4, -0.2) is 25.9 Å². The lowest BCUT2D eigenvalue weighted by molar-refractivity contribution is 0.0345. The van der Waals surface area contributed by atoms with Crippen molar-refractivity contribution >= 4 is 0 Å². The first-order chi connectivity index (χ1) is 7.00. The fraction of sp³-hybridized carbons (Fsp3) is 0.667. The molecule has 0 radical (unpaired) electrons. The van der Waals surface area contributed by atoms with Crippen LogP contribution < -0.4 is 5.73 Å². The van der Waals surface area contributed by atoms with Crippen molar-refractivity contribution in [3.05, 3.63) is 23.5 Å². The van der Waals surface area contributed by atoms with Gasteiger partial charge in [0.2, 0.25) is 0 Å². The Balaban J connectivity index is 2.83. The molecule has 0 amide bonds. The minimum atomic E-state index is -0.243. The monoisotopic (exact) mass is 211 g/mol. The summed E-state index contributed by atoms with van der Waals surface area (Å²) in [5.74, 6) is 0.985. The molecule has 86 valence electrons. The first-order valence-electron chi connectivity index (χ1n) is 5.27. The van der Waals surface area contributed by atoms with E-state index in [1.54, 1.807) is 14.2 Å². The number of rotatable bonds is 4. The van der Waals surface area contributed by atoms with E-state index in [9.17, 15) is 0 Å². The lowest BCUT2D eigenvalue weighted by Crippen LogP contribution is -2.29. The first-order valence-corrected chi connectivity index (χ1v) is 5.27. The second-order valence-corrected chi connectivity index (χ2v) is 4.36. The van der Waals surface area contributed by atoms with Crippen LogP contribution in [0.4, 0.5) is 0 Å². The zero-order valence-electron chi connectivity index (χ0n) is 10.0. The maximum absolute atomic E-state index is 5.79. The average molecular weight is 211 g/mol. The quantitative estimate of drug-likeness (QED) is 0.773. The van der Waals surface area contributed by atoms with Crippen molar-refractivity contribution in [2.75, 3.05) is 14.2 Å². The summed E-state index contributed by atoms with van der Waals surface area (Å²) >= 11 is 0. The van der Waals surface area contributed by atoms with E-state index in [4.69, 9.17) is 15.2 Å². The Morgan fingerprint density at radius 2 is 2.20 bits per heavy atom. The molecule has 0 fully saturated rings. The van der Waals surface area contributed by atoms with Crippen LogP contribution >= 0.6 is 0 Å². The Morgan fingerprint density at radius 1 is 1.53 bits per heavy atom. The topological polar surface area (TPSA) is 44.5 Å². The summed E-state index contributed by atoms with van der Waals surface area (Å²) < 4.78 is 10.8. The Hall–Kier alpha value is -0.800. The summed E-state index contributed by atoms with van der Waals surface area (Å²) in [6.45, 7) is 4.05. The summed E-state index contributed by atoms with van der Waals surface area (Å²) in [5.41, 5.74) is 6.72. The Morgan fingerprint density at radius 3 is 2.67 bits per heavy atom. The zero-order valence-corrected chi connectivity index (χ0v) is 10.0. The second-order valence-electron chi connectivity index (χ2n) is 4.36. The normalized spacial score (nSPS) is 28.1. The number of allylic oxidation sites excluding steroid dienone is 1. The predicted octanol–water partition coefficient (Wildman–Crippen LogP) is 1.99. The molecule has 0 aromatic rings. The second kappa shape index (κ2) is 4.81. The Kier molecular flexibility index (Phi) is 3.94. The molecule has 2 N–H and O–H groups in total. The summed E-state index contributed by atoms with van der Waals surface area (Å²) in [6, 6.07) is 0.154. The van der Waals surface area contributed by atoms with E-state index in [-0.39, 0.29) is 11.6 Å². The molecule has 0 aromatic heterocycles. The van der Waals surface area contributed by atoms with Crippen LogP contribution in [0.2, 0.25) is 0 Å². The van der Waals surface area contributed by atoms with Gasteiger partial charge in [0.25, 0.3) is 0 Å². The summed E-state index contributed by atoms with van der Waals surface area (Å²) in [6.07, 6.45) is 5.76. The van der Waals surface area contributed by atoms with Gasteiger partial charge in [-0.3, -0.25) is 0 Å². The number of hydrogen-bond donors (Lipinski definition) is 1. The standard InChI is InChI=1S/C12H21NO2/c1-9(13)7-10-5-6-12(2,15-4)8-11(10)14-3/h5-6,9H,7-8,13H2,1-4H3. The molecule has 0 spiro atoms. The number of hydrogen-bond acceptors (Lipinski definition) is 3. The molecule has 1 aliphatic carbocycles. The molecule has 1 aliphatic rings. The fourth-order valence-corrected chi connectivity index (χ4v) is 1.73. The van der Waals surface area contributed by atoms with E-state index < -0.39 is 0 Å². The van der Waals surface area contributed by atoms with Gasteiger partial charge >= 0.3 is 0 Å². The number of nitrogens with two attached hydrogens (primary N) is 1. The highest BCUT2D eigenvalue weighted by Gasteiger charge is 2.27. The van der Waals surface area contributed by atoms with Crippen molar-refractivity contribution in [3.8, 4) is 0 Å². The van der Waals surface area contributed by atoms with E-state index in [0.717, 1.165) is 18.6 Å². The Labute approximate surface area is 91.9 Å². The molecular formula is C12H21NO2. The van der Waals surface area contributed by atoms with Gasteiger partial charge in [0, 0.05) is 19.6 Å². The van der Waals surface area contributed by atoms with Crippen molar-refractivity contribution in [2.45, 2.75) is 38.3 Å². The third-order valence-corrected chi connectivity index (χ3v) is 2.76. The maximum atomic E-state index is 5.79. The van der Waals surface area contributed by atoms with Crippen LogP contribution in [-0.2, 0) is 9.47 Å². The van der Waals surface area contributed by atoms with E-state index in [2.05, 4.69) is 12.2 Å². The Bertz CT molecular complexity index is 281. The molecule has 0 aromatic carbocycles. The smallest absolute Gasteiger partial charge is 0.102 e. The molecule has 0 aliphatic heterocycles. The molecule has 0 saturated heterocycles. The van der Waals surface area contributed by atoms with E-state index in [1.165, 1.54) is 5.57 Å². The molecule has 15 heavy (non-hydrogen) atoms. The number of methoxy groups -OCH3 is 2. The van der Waals surface area contributed by atoms with E-state index >= 15 is 0 Å². The van der Waals surface area contributed by atoms with E-state index in [0.29, 0.717) is 0 Å². The van der Waals surface area contributed by atoms with Gasteiger partial charge in [-0.15, -0.1) is 0 Å². The van der Waals surface area contributed by atoms with Crippen LogP contribution in [0.25, 0.3) is 0 Å². The highest BCUT2D eigenvalue weighted by molar-refractivity contribution is 5.31. The van der Waals surface area contributed by atoms with Gasteiger partial charge < -0.3 is 15.2 Å². The van der Waals surface area contributed by atoms with Crippen molar-refractivity contribution in [3.63, 3.8) is 0 Å². The van der Waals surface area contributed by atoms with Gasteiger partial charge in [-0.2, -0.15) is 0 Å². The lowest BCUT2D eigenvalue weighted by Gasteiger charge is -2.30. The maximum Gasteiger partial charge on any atom is 0.102 e. The van der Waals surface area contributed by atoms with Crippen LogP contribution in [0, 0.1) is 0 Å². The van der Waals surface area contributed by atoms with Crippen LogP contribution in [0.15, 0.2) is 23.5 Å². The lowest BCUT2D eigenvalue weighted by atomic mass is 9.90. The van der Waals surface area contributed by atoms with Gasteiger partial charge in [0.05, 0.1) is 12.7 Å². The highest BCUT2D eigenvalue weighted by atomic mass is 16.5. The van der Waals surface area contributed by atoms with Crippen LogP contribution in [0.1, 0.15) is 26.7 Å². The fourth-order valence-electron chi connectivity index (χ4n) is 1.73. The van der Waals surface area contributed by atoms with Gasteiger partial charge in [-0.05, 0) is 25.8 Å². The minimum Gasteiger partial charge on any atom is -0.501 e. The van der Waals surface area contributed by atoms with Crippen LogP contribution in [0.5, 0.6) is 0 Å². The molecular weight excluding hydrogens is 190 g/mol. The molecule has 2 unspecified atom stereocenters. The largest absolute Gasteiger partial charge is 0.501 e. The summed E-state index contributed by atoms with van der Waals surface area (Å²) in [7, 11) is 3.42. The molecule has 3 heteroatoms. The minimum absolute atomic E-state index is 0.154. The molecule has 0 bridgehead atoms. The number of ether oxygens (including phenoxy) is 2. The van der Waals surface area contributed by atoms with Crippen molar-refractivity contribution in [2.24, 2.45) is 5.73 Å². The van der Waals surface area contributed by atoms with Gasteiger partial charge in [0.1, 0.15) is 5.76 Å². The SMILES string of the molecule is COC1=C(CC(C)N)C=CC(C)(OC)C1. The molecule has 0 saturated carbocycles. The third kappa shape index (κ3) is 3.08. The van der Waals surface area contributed by atoms with Crippen LogP contribution in [0.3, 0.4) is 0 Å². The van der Waals surface area contributed by atoms with Gasteiger partial charge in [-0.25, -0.2) is 0 Å². The zero-order chi connectivity index (χ0) is 11.5. The van der Waals surface area contributed by atoms with Crippen molar-refractivity contribution < 1.29 is 9.47 Å². The first kappa shape index (κ1) is 12.3. The van der Waals surface area contributed by atoms with Gasteiger partial charge in [0.15, 0.2) is 0 Å².